The van der Waals surface area contributed by atoms with E-state index in [1.165, 1.54) is 0 Å². The summed E-state index contributed by atoms with van der Waals surface area (Å²) in [6, 6.07) is 0. The van der Waals surface area contributed by atoms with Gasteiger partial charge in [-0.25, -0.2) is 13.1 Å². The molecular weight excluding hydrogens is 244 g/mol. The maximum atomic E-state index is 11.4. The smallest absolute Gasteiger partial charge is 0.235 e. The average Bonchev–Trinajstić information content (AvgIpc) is 2.30. The van der Waals surface area contributed by atoms with Gasteiger partial charge in [0, 0.05) is 20.3 Å². The fraction of sp³-hybridized carbons (Fsp3) is 0.900. The van der Waals surface area contributed by atoms with Crippen LogP contribution in [0.3, 0.4) is 0 Å². The number of rotatable bonds is 10. The van der Waals surface area contributed by atoms with Crippen molar-refractivity contribution >= 4 is 15.9 Å². The van der Waals surface area contributed by atoms with E-state index in [9.17, 15) is 13.2 Å². The van der Waals surface area contributed by atoms with Crippen LogP contribution >= 0.6 is 0 Å². The first-order chi connectivity index (χ1) is 8.02. The molecule has 6 nitrogen and oxygen atoms in total. The van der Waals surface area contributed by atoms with E-state index < -0.39 is 10.0 Å². The molecule has 1 amide bonds. The molecule has 0 aromatic heterocycles. The van der Waals surface area contributed by atoms with E-state index >= 15 is 0 Å². The van der Waals surface area contributed by atoms with Crippen LogP contribution in [0.5, 0.6) is 0 Å². The monoisotopic (exact) mass is 266 g/mol. The van der Waals surface area contributed by atoms with E-state index in [-0.39, 0.29) is 18.2 Å². The minimum Gasteiger partial charge on any atom is -0.385 e. The van der Waals surface area contributed by atoms with Crippen LogP contribution in [0.1, 0.15) is 26.2 Å². The predicted octanol–water partition coefficient (Wildman–Crippen LogP) is -0.141. The summed E-state index contributed by atoms with van der Waals surface area (Å²) in [5.74, 6) is -0.248. The first kappa shape index (κ1) is 16.3. The summed E-state index contributed by atoms with van der Waals surface area (Å²) in [6.07, 6.45) is 2.12. The number of sulfonamides is 1. The highest BCUT2D eigenvalue weighted by Gasteiger charge is 2.10. The first-order valence-corrected chi connectivity index (χ1v) is 7.40. The number of ether oxygens (including phenoxy) is 1. The summed E-state index contributed by atoms with van der Waals surface area (Å²) in [6.45, 7) is 2.78. The predicted molar refractivity (Wildman–Crippen MR) is 66.2 cm³/mol. The summed E-state index contributed by atoms with van der Waals surface area (Å²) in [5, 5.41) is 2.60. The molecule has 0 radical (unpaired) electrons. The first-order valence-electron chi connectivity index (χ1n) is 5.74. The topological polar surface area (TPSA) is 84.5 Å². The van der Waals surface area contributed by atoms with Gasteiger partial charge in [0.2, 0.25) is 15.9 Å². The number of hydrogen-bond acceptors (Lipinski definition) is 4. The van der Waals surface area contributed by atoms with Crippen LogP contribution in [-0.4, -0.2) is 46.9 Å². The Balaban J connectivity index is 3.68. The summed E-state index contributed by atoms with van der Waals surface area (Å²) in [5.41, 5.74) is 0. The highest BCUT2D eigenvalue weighted by atomic mass is 32.2. The lowest BCUT2D eigenvalue weighted by molar-refractivity contribution is -0.120. The number of nitrogens with one attached hydrogen (secondary N) is 2. The Hall–Kier alpha value is -0.660. The van der Waals surface area contributed by atoms with E-state index in [1.54, 1.807) is 7.11 Å². The molecular formula is C10H22N2O4S. The van der Waals surface area contributed by atoms with Crippen molar-refractivity contribution in [3.8, 4) is 0 Å². The van der Waals surface area contributed by atoms with Crippen LogP contribution in [0.25, 0.3) is 0 Å². The standard InChI is InChI=1S/C10H22N2O4S/c1-3-4-8-17(14,15)12-9-10(13)11-6-5-7-16-2/h12H,3-9H2,1-2H3,(H,11,13). The maximum absolute atomic E-state index is 11.4. The summed E-state index contributed by atoms with van der Waals surface area (Å²) < 4.78 is 29.8. The third-order valence-corrected chi connectivity index (χ3v) is 3.48. The number of amides is 1. The van der Waals surface area contributed by atoms with Crippen molar-refractivity contribution in [1.29, 1.82) is 0 Å². The normalized spacial score (nSPS) is 11.4. The third kappa shape index (κ3) is 10.2. The van der Waals surface area contributed by atoms with Gasteiger partial charge in [-0.1, -0.05) is 13.3 Å². The molecule has 0 atom stereocenters. The van der Waals surface area contributed by atoms with Crippen LogP contribution in [0, 0.1) is 0 Å². The van der Waals surface area contributed by atoms with E-state index in [1.807, 2.05) is 6.92 Å². The Morgan fingerprint density at radius 2 is 2.00 bits per heavy atom. The molecule has 0 fully saturated rings. The maximum Gasteiger partial charge on any atom is 0.235 e. The largest absolute Gasteiger partial charge is 0.385 e. The van der Waals surface area contributed by atoms with Crippen molar-refractivity contribution in [3.05, 3.63) is 0 Å². The lowest BCUT2D eigenvalue weighted by Crippen LogP contribution is -2.38. The molecule has 17 heavy (non-hydrogen) atoms. The van der Waals surface area contributed by atoms with Gasteiger partial charge in [-0.2, -0.15) is 0 Å². The summed E-state index contributed by atoms with van der Waals surface area (Å²) >= 11 is 0. The van der Waals surface area contributed by atoms with Crippen LogP contribution in [0.4, 0.5) is 0 Å². The van der Waals surface area contributed by atoms with Crippen molar-refractivity contribution in [2.75, 3.05) is 32.6 Å². The molecule has 0 bridgehead atoms. The van der Waals surface area contributed by atoms with Crippen LogP contribution in [0.2, 0.25) is 0 Å². The second-order valence-electron chi connectivity index (χ2n) is 3.69. The van der Waals surface area contributed by atoms with Crippen LogP contribution in [-0.2, 0) is 19.6 Å². The Labute approximate surface area is 103 Å². The Kier molecular flexibility index (Phi) is 9.01. The van der Waals surface area contributed by atoms with Gasteiger partial charge in [0.1, 0.15) is 0 Å². The number of methoxy groups -OCH3 is 1. The Morgan fingerprint density at radius 3 is 2.59 bits per heavy atom. The lowest BCUT2D eigenvalue weighted by atomic mass is 10.4. The molecule has 0 saturated heterocycles. The van der Waals surface area contributed by atoms with Crippen LogP contribution < -0.4 is 10.0 Å². The van der Waals surface area contributed by atoms with Gasteiger partial charge < -0.3 is 10.1 Å². The highest BCUT2D eigenvalue weighted by molar-refractivity contribution is 7.89. The zero-order valence-corrected chi connectivity index (χ0v) is 11.3. The van der Waals surface area contributed by atoms with Crippen molar-refractivity contribution in [2.45, 2.75) is 26.2 Å². The number of unbranched alkanes of at least 4 members (excludes halogenated alkanes) is 1. The fourth-order valence-electron chi connectivity index (χ4n) is 1.09. The second-order valence-corrected chi connectivity index (χ2v) is 5.62. The van der Waals surface area contributed by atoms with E-state index in [2.05, 4.69) is 10.0 Å². The molecule has 0 unspecified atom stereocenters. The quantitative estimate of drug-likeness (QED) is 0.539. The summed E-state index contributed by atoms with van der Waals surface area (Å²) in [4.78, 5) is 11.2. The highest BCUT2D eigenvalue weighted by Crippen LogP contribution is 1.92. The van der Waals surface area contributed by atoms with Gasteiger partial charge >= 0.3 is 0 Å². The number of carbonyl (C=O) groups is 1. The molecule has 7 heteroatoms. The molecule has 0 rings (SSSR count). The SMILES string of the molecule is CCCCS(=O)(=O)NCC(=O)NCCCOC. The van der Waals surface area contributed by atoms with Gasteiger partial charge in [-0.05, 0) is 12.8 Å². The molecule has 0 saturated carbocycles. The second kappa shape index (κ2) is 9.38. The van der Waals surface area contributed by atoms with Gasteiger partial charge in [0.25, 0.3) is 0 Å². The number of hydrogen-bond donors (Lipinski definition) is 2. The molecule has 0 aliphatic rings. The zero-order valence-electron chi connectivity index (χ0n) is 10.5. The van der Waals surface area contributed by atoms with Gasteiger partial charge in [0.15, 0.2) is 0 Å². The Bertz CT molecular complexity index is 303. The molecule has 0 spiro atoms. The lowest BCUT2D eigenvalue weighted by Gasteiger charge is -2.07. The van der Waals surface area contributed by atoms with Crippen molar-refractivity contribution in [1.82, 2.24) is 10.0 Å². The molecule has 0 aliphatic heterocycles. The summed E-state index contributed by atoms with van der Waals surface area (Å²) in [7, 11) is -1.72. The van der Waals surface area contributed by atoms with Gasteiger partial charge in [0.05, 0.1) is 12.3 Å². The Morgan fingerprint density at radius 1 is 1.29 bits per heavy atom. The van der Waals surface area contributed by atoms with E-state index in [0.29, 0.717) is 26.0 Å². The number of carbonyl (C=O) groups excluding carboxylic acids is 1. The van der Waals surface area contributed by atoms with Crippen molar-refractivity contribution in [3.63, 3.8) is 0 Å². The molecule has 0 heterocycles. The zero-order chi connectivity index (χ0) is 13.1. The molecule has 0 aromatic rings. The van der Waals surface area contributed by atoms with Crippen molar-refractivity contribution < 1.29 is 17.9 Å². The van der Waals surface area contributed by atoms with Gasteiger partial charge in [-0.3, -0.25) is 4.79 Å². The van der Waals surface area contributed by atoms with Crippen LogP contribution in [0.15, 0.2) is 0 Å². The fourth-order valence-corrected chi connectivity index (χ4v) is 2.25. The molecule has 102 valence electrons. The minimum atomic E-state index is -3.31. The molecule has 2 N–H and O–H groups in total. The average molecular weight is 266 g/mol. The van der Waals surface area contributed by atoms with Crippen molar-refractivity contribution in [2.24, 2.45) is 0 Å². The molecule has 0 aromatic carbocycles. The van der Waals surface area contributed by atoms with Gasteiger partial charge in [-0.15, -0.1) is 0 Å². The minimum absolute atomic E-state index is 0.0699. The third-order valence-electron chi connectivity index (χ3n) is 2.07. The van der Waals surface area contributed by atoms with E-state index in [0.717, 1.165) is 6.42 Å². The molecule has 0 aliphatic carbocycles. The van der Waals surface area contributed by atoms with E-state index in [4.69, 9.17) is 4.74 Å².